The fourth-order valence-electron chi connectivity index (χ4n) is 0.890. The molecule has 0 aliphatic heterocycles. The number of hydrogen-bond acceptors (Lipinski definition) is 2. The van der Waals surface area contributed by atoms with Crippen LogP contribution in [0.5, 0.6) is 0 Å². The molecule has 1 aromatic heterocycles. The molecule has 0 saturated carbocycles. The Morgan fingerprint density at radius 3 is 2.50 bits per heavy atom. The highest BCUT2D eigenvalue weighted by atomic mass is 32.1. The van der Waals surface area contributed by atoms with E-state index >= 15 is 0 Å². The van der Waals surface area contributed by atoms with E-state index in [1.807, 2.05) is 0 Å². The highest BCUT2D eigenvalue weighted by molar-refractivity contribution is 7.08. The van der Waals surface area contributed by atoms with Crippen molar-refractivity contribution in [2.75, 3.05) is 14.1 Å². The molecule has 1 rings (SSSR count). The summed E-state index contributed by atoms with van der Waals surface area (Å²) in [6, 6.07) is 0. The third-order valence-electron chi connectivity index (χ3n) is 1.45. The maximum absolute atomic E-state index is 2.22. The molecule has 0 radical (unpaired) electrons. The molecule has 0 saturated heterocycles. The van der Waals surface area contributed by atoms with Crippen molar-refractivity contribution < 1.29 is 0 Å². The minimum absolute atomic E-state index is 1.06. The molecule has 1 nitrogen and oxygen atoms in total. The lowest BCUT2D eigenvalue weighted by atomic mass is 10.2. The Labute approximate surface area is 66.3 Å². The van der Waals surface area contributed by atoms with Gasteiger partial charge in [-0.1, -0.05) is 0 Å². The predicted molar refractivity (Wildman–Crippen MR) is 46.4 cm³/mol. The van der Waals surface area contributed by atoms with Gasteiger partial charge in [-0.25, -0.2) is 0 Å². The molecule has 0 aromatic carbocycles. The second-order valence-corrected chi connectivity index (χ2v) is 3.56. The van der Waals surface area contributed by atoms with Crippen LogP contribution in [0.4, 0.5) is 0 Å². The van der Waals surface area contributed by atoms with Crippen molar-refractivity contribution in [2.45, 2.75) is 13.5 Å². The van der Waals surface area contributed by atoms with Crippen LogP contribution in [0.1, 0.15) is 11.1 Å². The van der Waals surface area contributed by atoms with E-state index in [4.69, 9.17) is 0 Å². The molecule has 10 heavy (non-hydrogen) atoms. The van der Waals surface area contributed by atoms with Gasteiger partial charge in [-0.05, 0) is 42.9 Å². The molecule has 1 heterocycles. The summed E-state index contributed by atoms with van der Waals surface area (Å²) in [6.07, 6.45) is 0. The van der Waals surface area contributed by atoms with E-state index in [-0.39, 0.29) is 0 Å². The number of nitrogens with zero attached hydrogens (tertiary/aromatic N) is 1. The Bertz CT molecular complexity index is 203. The van der Waals surface area contributed by atoms with Gasteiger partial charge in [-0.15, -0.1) is 0 Å². The molecule has 0 aliphatic rings. The van der Waals surface area contributed by atoms with Crippen LogP contribution in [0.3, 0.4) is 0 Å². The fourth-order valence-corrected chi connectivity index (χ4v) is 1.74. The fraction of sp³-hybridized carbons (Fsp3) is 0.500. The second kappa shape index (κ2) is 3.17. The Kier molecular flexibility index (Phi) is 2.46. The summed E-state index contributed by atoms with van der Waals surface area (Å²) in [6.45, 7) is 3.23. The van der Waals surface area contributed by atoms with Crippen molar-refractivity contribution >= 4 is 11.3 Å². The quantitative estimate of drug-likeness (QED) is 0.632. The molecule has 0 amide bonds. The summed E-state index contributed by atoms with van der Waals surface area (Å²) in [5.41, 5.74) is 2.87. The molecular weight excluding hydrogens is 142 g/mol. The van der Waals surface area contributed by atoms with Crippen LogP contribution in [-0.2, 0) is 6.54 Å². The topological polar surface area (TPSA) is 3.24 Å². The van der Waals surface area contributed by atoms with E-state index in [2.05, 4.69) is 36.7 Å². The first-order valence-electron chi connectivity index (χ1n) is 3.36. The third-order valence-corrected chi connectivity index (χ3v) is 2.36. The normalized spacial score (nSPS) is 10.8. The summed E-state index contributed by atoms with van der Waals surface area (Å²) < 4.78 is 0. The van der Waals surface area contributed by atoms with Crippen LogP contribution < -0.4 is 0 Å². The maximum atomic E-state index is 2.22. The Hall–Kier alpha value is -0.340. The van der Waals surface area contributed by atoms with Crippen LogP contribution in [0, 0.1) is 6.92 Å². The first-order chi connectivity index (χ1) is 4.70. The summed E-state index contributed by atoms with van der Waals surface area (Å²) in [4.78, 5) is 2.19. The second-order valence-electron chi connectivity index (χ2n) is 2.82. The van der Waals surface area contributed by atoms with Crippen molar-refractivity contribution in [2.24, 2.45) is 0 Å². The van der Waals surface area contributed by atoms with Crippen LogP contribution in [0.2, 0.25) is 0 Å². The van der Waals surface area contributed by atoms with Crippen molar-refractivity contribution in [1.29, 1.82) is 0 Å². The summed E-state index contributed by atoms with van der Waals surface area (Å²) in [7, 11) is 4.19. The molecular formula is C8H13NS. The van der Waals surface area contributed by atoms with Gasteiger partial charge >= 0.3 is 0 Å². The van der Waals surface area contributed by atoms with Crippen LogP contribution in [0.25, 0.3) is 0 Å². The average molecular weight is 155 g/mol. The third kappa shape index (κ3) is 1.82. The van der Waals surface area contributed by atoms with E-state index < -0.39 is 0 Å². The zero-order chi connectivity index (χ0) is 7.56. The molecule has 56 valence electrons. The number of thiophene rings is 1. The van der Waals surface area contributed by atoms with Crippen LogP contribution in [0.15, 0.2) is 10.8 Å². The lowest BCUT2D eigenvalue weighted by molar-refractivity contribution is 0.402. The zero-order valence-corrected chi connectivity index (χ0v) is 7.53. The van der Waals surface area contributed by atoms with Gasteiger partial charge in [0.05, 0.1) is 0 Å². The van der Waals surface area contributed by atoms with E-state index in [9.17, 15) is 0 Å². The highest BCUT2D eigenvalue weighted by Gasteiger charge is 1.98. The maximum Gasteiger partial charge on any atom is 0.0238 e. The van der Waals surface area contributed by atoms with E-state index in [0.29, 0.717) is 0 Å². The van der Waals surface area contributed by atoms with E-state index in [1.165, 1.54) is 11.1 Å². The lowest BCUT2D eigenvalue weighted by Crippen LogP contribution is -2.10. The number of rotatable bonds is 2. The molecule has 0 unspecified atom stereocenters. The van der Waals surface area contributed by atoms with Crippen molar-refractivity contribution in [3.8, 4) is 0 Å². The molecule has 0 spiro atoms. The average Bonchev–Trinajstić information content (AvgIpc) is 2.15. The van der Waals surface area contributed by atoms with Crippen molar-refractivity contribution in [3.05, 3.63) is 21.9 Å². The van der Waals surface area contributed by atoms with E-state index in [0.717, 1.165) is 6.54 Å². The lowest BCUT2D eigenvalue weighted by Gasteiger charge is -2.07. The van der Waals surface area contributed by atoms with Gasteiger partial charge in [0.15, 0.2) is 0 Å². The Morgan fingerprint density at radius 1 is 1.40 bits per heavy atom. The van der Waals surface area contributed by atoms with Crippen LogP contribution in [-0.4, -0.2) is 19.0 Å². The molecule has 1 aromatic rings. The first-order valence-corrected chi connectivity index (χ1v) is 4.31. The van der Waals surface area contributed by atoms with Gasteiger partial charge in [0.1, 0.15) is 0 Å². The summed E-state index contributed by atoms with van der Waals surface area (Å²) >= 11 is 1.78. The highest BCUT2D eigenvalue weighted by Crippen LogP contribution is 2.14. The number of hydrogen-bond donors (Lipinski definition) is 0. The molecule has 0 fully saturated rings. The summed E-state index contributed by atoms with van der Waals surface area (Å²) in [5, 5.41) is 4.41. The van der Waals surface area contributed by atoms with Gasteiger partial charge in [0, 0.05) is 6.54 Å². The SMILES string of the molecule is Cc1cscc1CN(C)C. The van der Waals surface area contributed by atoms with Crippen LogP contribution >= 0.6 is 11.3 Å². The summed E-state index contributed by atoms with van der Waals surface area (Å²) in [5.74, 6) is 0. The largest absolute Gasteiger partial charge is 0.305 e. The zero-order valence-electron chi connectivity index (χ0n) is 6.72. The molecule has 0 aliphatic carbocycles. The van der Waals surface area contributed by atoms with Gasteiger partial charge < -0.3 is 4.90 Å². The van der Waals surface area contributed by atoms with Gasteiger partial charge in [0.25, 0.3) is 0 Å². The minimum Gasteiger partial charge on any atom is -0.305 e. The van der Waals surface area contributed by atoms with Gasteiger partial charge in [0.2, 0.25) is 0 Å². The standard InChI is InChI=1S/C8H13NS/c1-7-5-10-6-8(7)4-9(2)3/h5-6H,4H2,1-3H3. The molecule has 0 N–H and O–H groups in total. The first kappa shape index (κ1) is 7.76. The molecule has 0 bridgehead atoms. The van der Waals surface area contributed by atoms with E-state index in [1.54, 1.807) is 11.3 Å². The Balaban J connectivity index is 2.65. The van der Waals surface area contributed by atoms with Crippen molar-refractivity contribution in [3.63, 3.8) is 0 Å². The Morgan fingerprint density at radius 2 is 2.10 bits per heavy atom. The monoisotopic (exact) mass is 155 g/mol. The minimum atomic E-state index is 1.06. The van der Waals surface area contributed by atoms with Gasteiger partial charge in [-0.2, -0.15) is 11.3 Å². The predicted octanol–water partition coefficient (Wildman–Crippen LogP) is 2.12. The smallest absolute Gasteiger partial charge is 0.0238 e. The van der Waals surface area contributed by atoms with Gasteiger partial charge in [-0.3, -0.25) is 0 Å². The molecule has 0 atom stereocenters. The molecule has 2 heteroatoms. The van der Waals surface area contributed by atoms with Crippen molar-refractivity contribution in [1.82, 2.24) is 4.90 Å². The number of aryl methyl sites for hydroxylation is 1.